The number of para-hydroxylation sites is 2. The van der Waals surface area contributed by atoms with Crippen LogP contribution in [-0.2, 0) is 11.3 Å². The zero-order chi connectivity index (χ0) is 24.1. The maximum Gasteiger partial charge on any atom is 0.262 e. The van der Waals surface area contributed by atoms with Gasteiger partial charge in [0.2, 0.25) is 5.91 Å². The fourth-order valence-corrected chi connectivity index (χ4v) is 4.37. The molecule has 0 unspecified atom stereocenters. The summed E-state index contributed by atoms with van der Waals surface area (Å²) in [6.07, 6.45) is 0. The van der Waals surface area contributed by atoms with Crippen molar-refractivity contribution in [1.82, 2.24) is 9.55 Å². The van der Waals surface area contributed by atoms with Crippen LogP contribution in [0.3, 0.4) is 0 Å². The highest BCUT2D eigenvalue weighted by Crippen LogP contribution is 2.23. The first-order chi connectivity index (χ1) is 16.5. The number of carbonyl (C=O) groups is 1. The molecule has 34 heavy (non-hydrogen) atoms. The van der Waals surface area contributed by atoms with Crippen LogP contribution in [0.4, 0.5) is 11.4 Å². The van der Waals surface area contributed by atoms with Gasteiger partial charge in [0.05, 0.1) is 30.3 Å². The second kappa shape index (κ2) is 10.4. The number of aromatic nitrogens is 2. The van der Waals surface area contributed by atoms with Crippen LogP contribution >= 0.6 is 11.8 Å². The van der Waals surface area contributed by atoms with Crippen molar-refractivity contribution < 1.29 is 9.53 Å². The van der Waals surface area contributed by atoms with Gasteiger partial charge >= 0.3 is 0 Å². The average molecular weight is 475 g/mol. The van der Waals surface area contributed by atoms with E-state index in [9.17, 15) is 9.59 Å². The van der Waals surface area contributed by atoms with E-state index in [1.807, 2.05) is 79.7 Å². The van der Waals surface area contributed by atoms with Gasteiger partial charge < -0.3 is 15.0 Å². The van der Waals surface area contributed by atoms with Crippen LogP contribution in [0.5, 0.6) is 5.75 Å². The first kappa shape index (κ1) is 23.4. The van der Waals surface area contributed by atoms with Gasteiger partial charge in [0.1, 0.15) is 5.75 Å². The molecule has 0 saturated heterocycles. The molecule has 8 heteroatoms. The van der Waals surface area contributed by atoms with Crippen molar-refractivity contribution in [1.29, 1.82) is 0 Å². The standard InChI is InChI=1S/C26H26N4O3S/c1-29(2)20-14-12-19(13-15-20)27-24(31)17-34-26-28-22-10-6-5-9-21(22)25(32)30(26)16-18-8-4-7-11-23(18)33-3/h4-15H,16-17H2,1-3H3,(H,27,31). The van der Waals surface area contributed by atoms with Crippen molar-refractivity contribution in [2.75, 3.05) is 37.2 Å². The highest BCUT2D eigenvalue weighted by molar-refractivity contribution is 7.99. The molecule has 0 bridgehead atoms. The van der Waals surface area contributed by atoms with Crippen LogP contribution in [0.15, 0.2) is 82.7 Å². The smallest absolute Gasteiger partial charge is 0.262 e. The summed E-state index contributed by atoms with van der Waals surface area (Å²) >= 11 is 1.23. The molecule has 3 aromatic carbocycles. The molecule has 0 radical (unpaired) electrons. The third-order valence-electron chi connectivity index (χ3n) is 5.35. The van der Waals surface area contributed by atoms with Crippen LogP contribution in [0, 0.1) is 0 Å². The lowest BCUT2D eigenvalue weighted by atomic mass is 10.2. The molecule has 174 valence electrons. The topological polar surface area (TPSA) is 76.5 Å². The summed E-state index contributed by atoms with van der Waals surface area (Å²) in [5, 5.41) is 3.92. The normalized spacial score (nSPS) is 10.8. The van der Waals surface area contributed by atoms with E-state index in [4.69, 9.17) is 9.72 Å². The molecule has 0 aliphatic carbocycles. The van der Waals surface area contributed by atoms with E-state index in [-0.39, 0.29) is 23.8 Å². The Bertz CT molecular complexity index is 1370. The SMILES string of the molecule is COc1ccccc1Cn1c(SCC(=O)Nc2ccc(N(C)C)cc2)nc2ccccc2c1=O. The molecule has 0 atom stereocenters. The third kappa shape index (κ3) is 5.23. The zero-order valence-electron chi connectivity index (χ0n) is 19.3. The molecule has 0 spiro atoms. The number of fused-ring (bicyclic) bond motifs is 1. The molecule has 1 heterocycles. The fraction of sp³-hybridized carbons (Fsp3) is 0.192. The van der Waals surface area contributed by atoms with Crippen molar-refractivity contribution >= 4 is 39.9 Å². The fourth-order valence-electron chi connectivity index (χ4n) is 3.57. The lowest BCUT2D eigenvalue weighted by Crippen LogP contribution is -2.25. The Morgan fingerprint density at radius 2 is 1.74 bits per heavy atom. The molecule has 7 nitrogen and oxygen atoms in total. The van der Waals surface area contributed by atoms with E-state index in [2.05, 4.69) is 5.32 Å². The minimum Gasteiger partial charge on any atom is -0.496 e. The Hall–Kier alpha value is -3.78. The van der Waals surface area contributed by atoms with Gasteiger partial charge in [0.25, 0.3) is 5.56 Å². The summed E-state index contributed by atoms with van der Waals surface area (Å²) in [4.78, 5) is 32.7. The predicted molar refractivity (Wildman–Crippen MR) is 138 cm³/mol. The minimum absolute atomic E-state index is 0.117. The Kier molecular flexibility index (Phi) is 7.18. The first-order valence-corrected chi connectivity index (χ1v) is 11.8. The molecule has 0 aliphatic heterocycles. The van der Waals surface area contributed by atoms with Crippen molar-refractivity contribution in [2.24, 2.45) is 0 Å². The number of ether oxygens (including phenoxy) is 1. The maximum atomic E-state index is 13.3. The van der Waals surface area contributed by atoms with Crippen LogP contribution in [0.25, 0.3) is 10.9 Å². The van der Waals surface area contributed by atoms with E-state index < -0.39 is 0 Å². The minimum atomic E-state index is -0.172. The van der Waals surface area contributed by atoms with Gasteiger partial charge in [-0.1, -0.05) is 42.1 Å². The quantitative estimate of drug-likeness (QED) is 0.304. The van der Waals surface area contributed by atoms with Crippen LogP contribution < -0.4 is 20.5 Å². The van der Waals surface area contributed by atoms with Crippen molar-refractivity contribution in [3.63, 3.8) is 0 Å². The number of thioether (sulfide) groups is 1. The second-order valence-electron chi connectivity index (χ2n) is 7.89. The Balaban J connectivity index is 1.59. The molecule has 1 N–H and O–H groups in total. The van der Waals surface area contributed by atoms with Crippen LogP contribution in [0.1, 0.15) is 5.56 Å². The number of carbonyl (C=O) groups excluding carboxylic acids is 1. The number of benzene rings is 3. The highest BCUT2D eigenvalue weighted by Gasteiger charge is 2.15. The van der Waals surface area contributed by atoms with Gasteiger partial charge in [-0.3, -0.25) is 14.2 Å². The molecular weight excluding hydrogens is 448 g/mol. The number of nitrogens with zero attached hydrogens (tertiary/aromatic N) is 3. The number of hydrogen-bond donors (Lipinski definition) is 1. The summed E-state index contributed by atoms with van der Waals surface area (Å²) < 4.78 is 7.06. The van der Waals surface area contributed by atoms with E-state index >= 15 is 0 Å². The molecule has 4 rings (SSSR count). The van der Waals surface area contributed by atoms with Crippen molar-refractivity contribution in [2.45, 2.75) is 11.7 Å². The maximum absolute atomic E-state index is 13.3. The summed E-state index contributed by atoms with van der Waals surface area (Å²) in [6, 6.07) is 22.4. The van der Waals surface area contributed by atoms with Gasteiger partial charge in [-0.15, -0.1) is 0 Å². The van der Waals surface area contributed by atoms with Gasteiger partial charge in [-0.2, -0.15) is 0 Å². The van der Waals surface area contributed by atoms with E-state index in [1.165, 1.54) is 11.8 Å². The summed E-state index contributed by atoms with van der Waals surface area (Å²) in [7, 11) is 5.53. The van der Waals surface area contributed by atoms with Gasteiger partial charge in [-0.05, 0) is 42.5 Å². The van der Waals surface area contributed by atoms with Crippen molar-refractivity contribution in [3.05, 3.63) is 88.7 Å². The van der Waals surface area contributed by atoms with Gasteiger partial charge in [-0.25, -0.2) is 4.98 Å². The number of methoxy groups -OCH3 is 1. The Morgan fingerprint density at radius 1 is 1.03 bits per heavy atom. The number of amides is 1. The summed E-state index contributed by atoms with van der Waals surface area (Å²) in [5.74, 6) is 0.637. The Labute approximate surface area is 202 Å². The highest BCUT2D eigenvalue weighted by atomic mass is 32.2. The van der Waals surface area contributed by atoms with E-state index in [1.54, 1.807) is 23.8 Å². The van der Waals surface area contributed by atoms with Crippen LogP contribution in [0.2, 0.25) is 0 Å². The molecule has 0 fully saturated rings. The molecule has 1 aromatic heterocycles. The predicted octanol–water partition coefficient (Wildman–Crippen LogP) is 4.25. The van der Waals surface area contributed by atoms with Crippen molar-refractivity contribution in [3.8, 4) is 5.75 Å². The largest absolute Gasteiger partial charge is 0.496 e. The molecule has 0 aliphatic rings. The van der Waals surface area contributed by atoms with E-state index in [0.717, 1.165) is 11.3 Å². The van der Waals surface area contributed by atoms with E-state index in [0.29, 0.717) is 27.5 Å². The molecular formula is C26H26N4O3S. The molecule has 4 aromatic rings. The zero-order valence-corrected chi connectivity index (χ0v) is 20.1. The monoisotopic (exact) mass is 474 g/mol. The third-order valence-corrected chi connectivity index (χ3v) is 6.32. The van der Waals surface area contributed by atoms with Gasteiger partial charge in [0.15, 0.2) is 5.16 Å². The number of anilines is 2. The van der Waals surface area contributed by atoms with Crippen LogP contribution in [-0.4, -0.2) is 42.4 Å². The number of nitrogens with one attached hydrogen (secondary N) is 1. The molecule has 0 saturated carbocycles. The lowest BCUT2D eigenvalue weighted by Gasteiger charge is -2.15. The first-order valence-electron chi connectivity index (χ1n) is 10.8. The molecule has 1 amide bonds. The summed E-state index contributed by atoms with van der Waals surface area (Å²) in [5.41, 5.74) is 3.07. The summed E-state index contributed by atoms with van der Waals surface area (Å²) in [6.45, 7) is 0.288. The number of hydrogen-bond acceptors (Lipinski definition) is 6. The second-order valence-corrected chi connectivity index (χ2v) is 8.84. The average Bonchev–Trinajstić information content (AvgIpc) is 2.85. The number of rotatable bonds is 8. The Morgan fingerprint density at radius 3 is 2.47 bits per heavy atom. The lowest BCUT2D eigenvalue weighted by molar-refractivity contribution is -0.113. The van der Waals surface area contributed by atoms with Gasteiger partial charge in [0, 0.05) is 31.0 Å².